The first-order valence-electron chi connectivity index (χ1n) is 12.8. The van der Waals surface area contributed by atoms with Crippen LogP contribution in [0.4, 0.5) is 0 Å². The van der Waals surface area contributed by atoms with Crippen LogP contribution in [0.1, 0.15) is 38.8 Å². The Bertz CT molecular complexity index is 1240. The second-order valence-corrected chi connectivity index (χ2v) is 10.1. The number of rotatable bonds is 1. The number of hydrogen-bond acceptors (Lipinski definition) is 0. The molecule has 6 rings (SSSR count). The zero-order valence-corrected chi connectivity index (χ0v) is 27.4. The summed E-state index contributed by atoms with van der Waals surface area (Å²) in [5.74, 6) is 0.522. The molecule has 0 fully saturated rings. The van der Waals surface area contributed by atoms with Gasteiger partial charge in [-0.1, -0.05) is 135 Å². The first-order chi connectivity index (χ1) is 17.9. The Morgan fingerprint density at radius 3 is 1.72 bits per heavy atom. The summed E-state index contributed by atoms with van der Waals surface area (Å²) in [4.78, 5) is 0. The molecule has 0 amide bonds. The minimum absolute atomic E-state index is 0. The molecule has 1 atom stereocenters. The average Bonchev–Trinajstić information content (AvgIpc) is 3.55. The van der Waals surface area contributed by atoms with Crippen LogP contribution in [-0.4, -0.2) is 4.21 Å². The summed E-state index contributed by atoms with van der Waals surface area (Å²) < 4.78 is 3.34. The number of hydrogen-bond donors (Lipinski definition) is 0. The maximum atomic E-state index is 3.34. The third kappa shape index (κ3) is 10.3. The summed E-state index contributed by atoms with van der Waals surface area (Å²) in [7, 11) is 0. The van der Waals surface area contributed by atoms with Gasteiger partial charge in [-0.2, -0.15) is 41.5 Å². The van der Waals surface area contributed by atoms with Crippen molar-refractivity contribution >= 4 is 29.0 Å². The molecule has 2 aliphatic rings. The van der Waals surface area contributed by atoms with Gasteiger partial charge < -0.3 is 0 Å². The van der Waals surface area contributed by atoms with E-state index in [0.717, 1.165) is 6.42 Å². The largest absolute Gasteiger partial charge is 0.179 e. The molecule has 0 N–H and O–H groups in total. The van der Waals surface area contributed by atoms with E-state index < -0.39 is 0 Å². The molecule has 200 valence electrons. The van der Waals surface area contributed by atoms with Crippen LogP contribution in [-0.2, 0) is 30.7 Å². The summed E-state index contributed by atoms with van der Waals surface area (Å²) >= 11 is 1.30. The predicted molar refractivity (Wildman–Crippen MR) is 172 cm³/mol. The van der Waals surface area contributed by atoms with Gasteiger partial charge in [0.25, 0.3) is 0 Å². The van der Waals surface area contributed by atoms with Crippen LogP contribution in [0.15, 0.2) is 121 Å². The van der Waals surface area contributed by atoms with Crippen molar-refractivity contribution in [2.24, 2.45) is 11.3 Å². The third-order valence-electron chi connectivity index (χ3n) is 6.29. The molecule has 3 heteroatoms. The summed E-state index contributed by atoms with van der Waals surface area (Å²) in [5.41, 5.74) is 9.78. The molecule has 0 aliphatic heterocycles. The van der Waals surface area contributed by atoms with E-state index >= 15 is 0 Å². The van der Waals surface area contributed by atoms with Gasteiger partial charge in [0, 0.05) is 0 Å². The van der Waals surface area contributed by atoms with E-state index in [0.29, 0.717) is 11.3 Å². The van der Waals surface area contributed by atoms with Crippen LogP contribution in [0, 0.1) is 23.5 Å². The van der Waals surface area contributed by atoms with Crippen molar-refractivity contribution < 1.29 is 24.2 Å². The van der Waals surface area contributed by atoms with Crippen molar-refractivity contribution in [2.45, 2.75) is 34.1 Å². The van der Waals surface area contributed by atoms with Crippen molar-refractivity contribution in [1.82, 2.24) is 0 Å². The third-order valence-corrected chi connectivity index (χ3v) is 6.29. The Balaban J connectivity index is 0.000000279. The van der Waals surface area contributed by atoms with E-state index in [1.807, 2.05) is 18.2 Å². The van der Waals surface area contributed by atoms with Gasteiger partial charge in [0.2, 0.25) is 0 Å². The van der Waals surface area contributed by atoms with Crippen LogP contribution in [0.2, 0.25) is 0 Å². The summed E-state index contributed by atoms with van der Waals surface area (Å²) in [6.07, 6.45) is 8.70. The van der Waals surface area contributed by atoms with E-state index in [9.17, 15) is 0 Å². The number of allylic oxidation sites excluding steroid dienone is 4. The standard InChI is InChI=1S/C13H9.C12H10.C10H15.CH2.2ClH.Zr/c1-3-7-12-10(5-1)9-11-6-2-4-8-13(11)12;1-3-7-11(8-4-1)12-9-5-2-6-10-12;1-8-5-6-9(7-8)10(2,3)4;;;;/h1-5,7-8H,9H2;1-10H;6-8H,1-4H3;1H2;2*1H;/q-1;;-1;;;;+2. The summed E-state index contributed by atoms with van der Waals surface area (Å²) in [5, 5.41) is 0. The molecule has 0 saturated carbocycles. The molecule has 0 spiro atoms. The molecule has 4 aromatic rings. The Morgan fingerprint density at radius 2 is 1.23 bits per heavy atom. The Kier molecular flexibility index (Phi) is 15.5. The van der Waals surface area contributed by atoms with Gasteiger partial charge in [-0.3, -0.25) is 6.08 Å². The molecule has 0 radical (unpaired) electrons. The molecule has 0 nitrogen and oxygen atoms in total. The van der Waals surface area contributed by atoms with E-state index in [-0.39, 0.29) is 24.8 Å². The average molecular weight is 633 g/mol. The van der Waals surface area contributed by atoms with Crippen molar-refractivity contribution in [3.05, 3.63) is 144 Å². The van der Waals surface area contributed by atoms with Gasteiger partial charge in [0.1, 0.15) is 0 Å². The quantitative estimate of drug-likeness (QED) is 0.161. The zero-order valence-electron chi connectivity index (χ0n) is 23.3. The molecular formula is C36H38Cl2Zr. The van der Waals surface area contributed by atoms with E-state index in [2.05, 4.69) is 141 Å². The number of fused-ring (bicyclic) bond motifs is 3. The second kappa shape index (κ2) is 17.4. The van der Waals surface area contributed by atoms with Gasteiger partial charge in [-0.05, 0) is 17.5 Å². The fourth-order valence-electron chi connectivity index (χ4n) is 4.31. The minimum Gasteiger partial charge on any atom is -0.179 e. The molecule has 39 heavy (non-hydrogen) atoms. The van der Waals surface area contributed by atoms with E-state index in [1.54, 1.807) is 0 Å². The van der Waals surface area contributed by atoms with Crippen molar-refractivity contribution in [3.8, 4) is 22.3 Å². The molecule has 2 aliphatic carbocycles. The fraction of sp³-hybridized carbons (Fsp3) is 0.194. The second-order valence-electron chi connectivity index (χ2n) is 10.1. The number of benzene rings is 4. The number of halogens is 2. The zero-order chi connectivity index (χ0) is 26.7. The van der Waals surface area contributed by atoms with Crippen LogP contribution in [0.5, 0.6) is 0 Å². The molecular weight excluding hydrogens is 595 g/mol. The molecule has 0 saturated heterocycles. The molecule has 1 unspecified atom stereocenters. The van der Waals surface area contributed by atoms with E-state index in [4.69, 9.17) is 0 Å². The fourth-order valence-corrected chi connectivity index (χ4v) is 4.31. The predicted octanol–water partition coefficient (Wildman–Crippen LogP) is 10.2. The maximum absolute atomic E-state index is 3.34. The topological polar surface area (TPSA) is 0 Å². The molecule has 4 aromatic carbocycles. The van der Waals surface area contributed by atoms with Crippen LogP contribution >= 0.6 is 24.8 Å². The molecule has 0 aromatic heterocycles. The Morgan fingerprint density at radius 1 is 0.718 bits per heavy atom. The Labute approximate surface area is 263 Å². The van der Waals surface area contributed by atoms with Crippen LogP contribution < -0.4 is 0 Å². The maximum Gasteiger partial charge on any atom is -0.0184 e. The van der Waals surface area contributed by atoms with Gasteiger partial charge >= 0.3 is 28.4 Å². The first-order valence-corrected chi connectivity index (χ1v) is 14.5. The monoisotopic (exact) mass is 630 g/mol. The SMILES string of the molecule is CC1[C-]=CC(C(C)(C)C)=C1.Cl.Cl.[CH2]=[Zr+2].[c-]1cccc2c1Cc1ccccc1-2.c1ccc(-c2ccccc2)cc1. The van der Waals surface area contributed by atoms with Crippen LogP contribution in [0.3, 0.4) is 0 Å². The van der Waals surface area contributed by atoms with Crippen molar-refractivity contribution in [3.63, 3.8) is 0 Å². The van der Waals surface area contributed by atoms with E-state index in [1.165, 1.54) is 63.2 Å². The first kappa shape index (κ1) is 34.7. The van der Waals surface area contributed by atoms with Gasteiger partial charge in [0.05, 0.1) is 0 Å². The smallest absolute Gasteiger partial charge is 0.0184 e. The molecule has 0 heterocycles. The van der Waals surface area contributed by atoms with Gasteiger partial charge in [-0.25, -0.2) is 6.08 Å². The van der Waals surface area contributed by atoms with Gasteiger partial charge in [0.15, 0.2) is 0 Å². The minimum atomic E-state index is 0. The van der Waals surface area contributed by atoms with Crippen molar-refractivity contribution in [2.75, 3.05) is 0 Å². The van der Waals surface area contributed by atoms with Crippen LogP contribution in [0.25, 0.3) is 22.3 Å². The normalized spacial score (nSPS) is 13.7. The van der Waals surface area contributed by atoms with Crippen molar-refractivity contribution in [1.29, 1.82) is 0 Å². The Hall–Kier alpha value is -2.31. The summed E-state index contributed by atoms with van der Waals surface area (Å²) in [6.45, 7) is 8.86. The summed E-state index contributed by atoms with van der Waals surface area (Å²) in [6, 6.07) is 38.9. The van der Waals surface area contributed by atoms with Gasteiger partial charge in [-0.15, -0.1) is 30.4 Å². The molecule has 0 bridgehead atoms.